The molecule has 1 aromatic rings. The second kappa shape index (κ2) is 9.15. The van der Waals surface area contributed by atoms with Crippen LogP contribution >= 0.6 is 0 Å². The van der Waals surface area contributed by atoms with E-state index in [0.29, 0.717) is 25.8 Å². The molecule has 1 aliphatic carbocycles. The van der Waals surface area contributed by atoms with Crippen molar-refractivity contribution in [3.05, 3.63) is 35.6 Å². The van der Waals surface area contributed by atoms with Crippen LogP contribution < -0.4 is 5.32 Å². The zero-order chi connectivity index (χ0) is 21.0. The number of hydrogen-bond donors (Lipinski definition) is 1. The first-order chi connectivity index (χ1) is 13.9. The number of rotatable bonds is 7. The first-order valence-electron chi connectivity index (χ1n) is 9.93. The molecule has 3 atom stereocenters. The smallest absolute Gasteiger partial charge is 0.329 e. The highest BCUT2D eigenvalue weighted by Crippen LogP contribution is 2.38. The highest BCUT2D eigenvalue weighted by Gasteiger charge is 2.51. The fourth-order valence-electron chi connectivity index (χ4n) is 3.98. The average Bonchev–Trinajstić information content (AvgIpc) is 2.98. The van der Waals surface area contributed by atoms with E-state index in [1.165, 1.54) is 19.1 Å². The van der Waals surface area contributed by atoms with Gasteiger partial charge < -0.3 is 10.1 Å². The number of imide groups is 1. The van der Waals surface area contributed by atoms with E-state index in [9.17, 15) is 23.6 Å². The molecule has 0 spiro atoms. The molecule has 7 nitrogen and oxygen atoms in total. The van der Waals surface area contributed by atoms with Gasteiger partial charge >= 0.3 is 5.97 Å². The third kappa shape index (κ3) is 4.81. The van der Waals surface area contributed by atoms with Gasteiger partial charge in [0, 0.05) is 6.54 Å². The lowest BCUT2D eigenvalue weighted by atomic mass is 9.81. The van der Waals surface area contributed by atoms with Gasteiger partial charge in [-0.15, -0.1) is 0 Å². The third-order valence-corrected chi connectivity index (χ3v) is 5.60. The molecule has 1 saturated carbocycles. The standard InChI is InChI=1S/C21H25FN2O5/c1-13(24-19(26)16-4-2-3-5-17(16)20(24)27)21(28)29-12-18(25)23-11-10-14-6-8-15(22)9-7-14/h6-9,13,16-17H,2-5,10-12H2,1H3,(H,23,25)/t13-,16-,17-/m0/s1. The highest BCUT2D eigenvalue weighted by molar-refractivity contribution is 6.07. The summed E-state index contributed by atoms with van der Waals surface area (Å²) in [4.78, 5) is 50.2. The van der Waals surface area contributed by atoms with Crippen LogP contribution in [0.15, 0.2) is 24.3 Å². The average molecular weight is 404 g/mol. The van der Waals surface area contributed by atoms with Crippen molar-refractivity contribution in [2.75, 3.05) is 13.2 Å². The number of halogens is 1. The molecule has 1 aliphatic heterocycles. The second-order valence-corrected chi connectivity index (χ2v) is 7.55. The first kappa shape index (κ1) is 21.0. The maximum atomic E-state index is 12.9. The van der Waals surface area contributed by atoms with Crippen LogP contribution in [0.2, 0.25) is 0 Å². The Morgan fingerprint density at radius 1 is 1.14 bits per heavy atom. The lowest BCUT2D eigenvalue weighted by Gasteiger charge is -2.21. The quantitative estimate of drug-likeness (QED) is 0.550. The summed E-state index contributed by atoms with van der Waals surface area (Å²) in [6.07, 6.45) is 3.67. The lowest BCUT2D eigenvalue weighted by Crippen LogP contribution is -2.45. The van der Waals surface area contributed by atoms with E-state index < -0.39 is 24.5 Å². The predicted octanol–water partition coefficient (Wildman–Crippen LogP) is 1.59. The van der Waals surface area contributed by atoms with Crippen molar-refractivity contribution in [1.82, 2.24) is 10.2 Å². The summed E-state index contributed by atoms with van der Waals surface area (Å²) < 4.78 is 17.9. The second-order valence-electron chi connectivity index (χ2n) is 7.55. The number of nitrogens with one attached hydrogen (secondary N) is 1. The molecule has 156 valence electrons. The summed E-state index contributed by atoms with van der Waals surface area (Å²) in [6.45, 7) is 1.27. The number of ether oxygens (including phenoxy) is 1. The number of esters is 1. The van der Waals surface area contributed by atoms with Crippen molar-refractivity contribution in [2.45, 2.75) is 45.1 Å². The highest BCUT2D eigenvalue weighted by atomic mass is 19.1. The Hall–Kier alpha value is -2.77. The van der Waals surface area contributed by atoms with Crippen LogP contribution in [0.1, 0.15) is 38.2 Å². The van der Waals surface area contributed by atoms with E-state index in [-0.39, 0.29) is 29.5 Å². The Kier molecular flexibility index (Phi) is 6.61. The van der Waals surface area contributed by atoms with Crippen molar-refractivity contribution in [3.8, 4) is 0 Å². The van der Waals surface area contributed by atoms with Crippen molar-refractivity contribution < 1.29 is 28.3 Å². The molecule has 1 heterocycles. The van der Waals surface area contributed by atoms with Crippen LogP contribution in [-0.4, -0.2) is 47.8 Å². The van der Waals surface area contributed by atoms with Gasteiger partial charge in [-0.05, 0) is 43.9 Å². The zero-order valence-electron chi connectivity index (χ0n) is 16.4. The molecule has 3 rings (SSSR count). The predicted molar refractivity (Wildman–Crippen MR) is 101 cm³/mol. The Morgan fingerprint density at radius 3 is 2.31 bits per heavy atom. The summed E-state index contributed by atoms with van der Waals surface area (Å²) in [7, 11) is 0. The molecule has 8 heteroatoms. The fraction of sp³-hybridized carbons (Fsp3) is 0.524. The van der Waals surface area contributed by atoms with Crippen molar-refractivity contribution in [1.29, 1.82) is 0 Å². The zero-order valence-corrected chi connectivity index (χ0v) is 16.4. The van der Waals surface area contributed by atoms with Gasteiger partial charge in [0.2, 0.25) is 11.8 Å². The van der Waals surface area contributed by atoms with E-state index in [0.717, 1.165) is 23.3 Å². The Bertz CT molecular complexity index is 771. The van der Waals surface area contributed by atoms with E-state index in [4.69, 9.17) is 4.74 Å². The molecule has 0 unspecified atom stereocenters. The number of carbonyl (C=O) groups is 4. The van der Waals surface area contributed by atoms with E-state index in [1.54, 1.807) is 12.1 Å². The third-order valence-electron chi connectivity index (χ3n) is 5.60. The molecule has 0 aromatic heterocycles. The van der Waals surface area contributed by atoms with Crippen LogP contribution in [-0.2, 0) is 30.3 Å². The fourth-order valence-corrected chi connectivity index (χ4v) is 3.98. The first-order valence-corrected chi connectivity index (χ1v) is 9.93. The summed E-state index contributed by atoms with van der Waals surface area (Å²) in [5, 5.41) is 2.61. The molecule has 2 aliphatic rings. The Labute approximate surface area is 168 Å². The van der Waals surface area contributed by atoms with Crippen LogP contribution in [0.5, 0.6) is 0 Å². The summed E-state index contributed by atoms with van der Waals surface area (Å²) >= 11 is 0. The van der Waals surface area contributed by atoms with Crippen molar-refractivity contribution >= 4 is 23.7 Å². The van der Waals surface area contributed by atoms with Gasteiger partial charge in [-0.2, -0.15) is 0 Å². The molecule has 0 radical (unpaired) electrons. The number of likely N-dealkylation sites (tertiary alicyclic amines) is 1. The SMILES string of the molecule is C[C@@H](C(=O)OCC(=O)NCCc1ccc(F)cc1)N1C(=O)[C@H]2CCCC[C@@H]2C1=O. The van der Waals surface area contributed by atoms with Gasteiger partial charge in [0.15, 0.2) is 6.61 Å². The van der Waals surface area contributed by atoms with Crippen LogP contribution in [0.3, 0.4) is 0 Å². The molecule has 3 amide bonds. The van der Waals surface area contributed by atoms with Crippen LogP contribution in [0, 0.1) is 17.7 Å². The van der Waals surface area contributed by atoms with E-state index in [1.807, 2.05) is 0 Å². The number of nitrogens with zero attached hydrogens (tertiary/aromatic N) is 1. The minimum absolute atomic E-state index is 0.310. The van der Waals surface area contributed by atoms with E-state index in [2.05, 4.69) is 5.32 Å². The number of amides is 3. The minimum atomic E-state index is -1.05. The molecular weight excluding hydrogens is 379 g/mol. The topological polar surface area (TPSA) is 92.8 Å². The van der Waals surface area contributed by atoms with Crippen molar-refractivity contribution in [3.63, 3.8) is 0 Å². The van der Waals surface area contributed by atoms with Gasteiger partial charge in [0.05, 0.1) is 11.8 Å². The molecular formula is C21H25FN2O5. The molecule has 0 bridgehead atoms. The maximum absolute atomic E-state index is 12.9. The molecule has 1 aromatic carbocycles. The molecule has 1 saturated heterocycles. The van der Waals surface area contributed by atoms with Gasteiger partial charge in [-0.25, -0.2) is 9.18 Å². The van der Waals surface area contributed by atoms with Gasteiger partial charge in [0.1, 0.15) is 11.9 Å². The van der Waals surface area contributed by atoms with Gasteiger partial charge in [-0.3, -0.25) is 19.3 Å². The van der Waals surface area contributed by atoms with Crippen LogP contribution in [0.25, 0.3) is 0 Å². The Balaban J connectivity index is 1.43. The molecule has 1 N–H and O–H groups in total. The lowest BCUT2D eigenvalue weighted by molar-refractivity contribution is -0.159. The molecule has 2 fully saturated rings. The number of hydrogen-bond acceptors (Lipinski definition) is 5. The number of fused-ring (bicyclic) bond motifs is 1. The Morgan fingerprint density at radius 2 is 1.72 bits per heavy atom. The summed E-state index contributed by atoms with van der Waals surface area (Å²) in [5.74, 6) is -2.88. The minimum Gasteiger partial charge on any atom is -0.454 e. The van der Waals surface area contributed by atoms with Gasteiger partial charge in [-0.1, -0.05) is 25.0 Å². The van der Waals surface area contributed by atoms with Crippen molar-refractivity contribution in [2.24, 2.45) is 11.8 Å². The monoisotopic (exact) mass is 404 g/mol. The van der Waals surface area contributed by atoms with Gasteiger partial charge in [0.25, 0.3) is 5.91 Å². The molecule has 29 heavy (non-hydrogen) atoms. The number of carbonyl (C=O) groups excluding carboxylic acids is 4. The normalized spacial score (nSPS) is 22.2. The van der Waals surface area contributed by atoms with Crippen LogP contribution in [0.4, 0.5) is 4.39 Å². The summed E-state index contributed by atoms with van der Waals surface area (Å²) in [6, 6.07) is 4.90. The maximum Gasteiger partial charge on any atom is 0.329 e. The van der Waals surface area contributed by atoms with E-state index >= 15 is 0 Å². The summed E-state index contributed by atoms with van der Waals surface area (Å²) in [5.41, 5.74) is 0.866. The largest absolute Gasteiger partial charge is 0.454 e. The number of benzene rings is 1.